The summed E-state index contributed by atoms with van der Waals surface area (Å²) in [6.07, 6.45) is 0. The second kappa shape index (κ2) is 4.61. The van der Waals surface area contributed by atoms with E-state index < -0.39 is 0 Å². The molecule has 15 heavy (non-hydrogen) atoms. The van der Waals surface area contributed by atoms with Gasteiger partial charge in [-0.15, -0.1) is 0 Å². The van der Waals surface area contributed by atoms with Gasteiger partial charge < -0.3 is 4.74 Å². The fraction of sp³-hybridized carbons (Fsp3) is 0.333. The highest BCUT2D eigenvalue weighted by Gasteiger charge is 2.11. The Hall–Kier alpha value is -1.82. The maximum Gasteiger partial charge on any atom is 0.161 e. The van der Waals surface area contributed by atoms with Crippen molar-refractivity contribution in [2.24, 2.45) is 0 Å². The first-order valence-corrected chi connectivity index (χ1v) is 4.78. The maximum absolute atomic E-state index is 11.3. The largest absolute Gasteiger partial charge is 0.494 e. The molecule has 0 saturated heterocycles. The molecule has 0 atom stereocenters. The molecule has 1 aromatic carbocycles. The summed E-state index contributed by atoms with van der Waals surface area (Å²) in [5.41, 5.74) is 1.64. The third-order valence-corrected chi connectivity index (χ3v) is 2.11. The molecular formula is C12H13NO2. The number of carbonyl (C=O) groups is 1. The molecule has 0 radical (unpaired) electrons. The molecule has 0 unspecified atom stereocenters. The molecule has 0 aliphatic carbocycles. The second-order valence-corrected chi connectivity index (χ2v) is 3.26. The lowest BCUT2D eigenvalue weighted by atomic mass is 10.00. The van der Waals surface area contributed by atoms with Crippen LogP contribution in [0.4, 0.5) is 0 Å². The fourth-order valence-corrected chi connectivity index (χ4v) is 1.43. The van der Waals surface area contributed by atoms with E-state index in [-0.39, 0.29) is 5.78 Å². The maximum atomic E-state index is 11.3. The molecule has 0 aliphatic rings. The van der Waals surface area contributed by atoms with E-state index >= 15 is 0 Å². The smallest absolute Gasteiger partial charge is 0.161 e. The van der Waals surface area contributed by atoms with Gasteiger partial charge in [-0.05, 0) is 38.5 Å². The van der Waals surface area contributed by atoms with Gasteiger partial charge in [0.25, 0.3) is 0 Å². The number of nitrogens with zero attached hydrogens (tertiary/aromatic N) is 1. The van der Waals surface area contributed by atoms with E-state index in [0.717, 1.165) is 5.56 Å². The molecule has 3 heteroatoms. The molecule has 0 aliphatic heterocycles. The molecule has 1 aromatic rings. The van der Waals surface area contributed by atoms with Gasteiger partial charge >= 0.3 is 0 Å². The van der Waals surface area contributed by atoms with Crippen LogP contribution >= 0.6 is 0 Å². The van der Waals surface area contributed by atoms with Crippen molar-refractivity contribution in [3.8, 4) is 11.8 Å². The molecular weight excluding hydrogens is 190 g/mol. The standard InChI is InChI=1S/C12H13NO2/c1-4-15-10-5-8(2)12(7-13)11(6-10)9(3)14/h5-6H,4H2,1-3H3. The zero-order valence-electron chi connectivity index (χ0n) is 9.13. The minimum Gasteiger partial charge on any atom is -0.494 e. The monoisotopic (exact) mass is 203 g/mol. The Labute approximate surface area is 89.3 Å². The van der Waals surface area contributed by atoms with Crippen molar-refractivity contribution in [3.05, 3.63) is 28.8 Å². The predicted octanol–water partition coefficient (Wildman–Crippen LogP) is 2.47. The number of ketones is 1. The Balaban J connectivity index is 3.33. The highest BCUT2D eigenvalue weighted by molar-refractivity contribution is 5.97. The Morgan fingerprint density at radius 2 is 2.20 bits per heavy atom. The number of hydrogen-bond acceptors (Lipinski definition) is 3. The normalized spacial score (nSPS) is 9.47. The summed E-state index contributed by atoms with van der Waals surface area (Å²) in [6, 6.07) is 5.43. The summed E-state index contributed by atoms with van der Waals surface area (Å²) < 4.78 is 5.32. The van der Waals surface area contributed by atoms with Crippen LogP contribution in [0.3, 0.4) is 0 Å². The molecule has 0 spiro atoms. The third kappa shape index (κ3) is 2.35. The van der Waals surface area contributed by atoms with Crippen LogP contribution in [0.1, 0.15) is 35.3 Å². The molecule has 0 N–H and O–H groups in total. The molecule has 78 valence electrons. The number of carbonyl (C=O) groups excluding carboxylic acids is 1. The topological polar surface area (TPSA) is 50.1 Å². The molecule has 0 heterocycles. The van der Waals surface area contributed by atoms with Gasteiger partial charge in [-0.3, -0.25) is 4.79 Å². The highest BCUT2D eigenvalue weighted by atomic mass is 16.5. The first-order chi connectivity index (χ1) is 7.10. The van der Waals surface area contributed by atoms with Crippen LogP contribution in [0.2, 0.25) is 0 Å². The Morgan fingerprint density at radius 3 is 2.67 bits per heavy atom. The molecule has 0 amide bonds. The van der Waals surface area contributed by atoms with E-state index in [1.54, 1.807) is 19.1 Å². The summed E-state index contributed by atoms with van der Waals surface area (Å²) in [5.74, 6) is 0.524. The van der Waals surface area contributed by atoms with Crippen LogP contribution in [0.25, 0.3) is 0 Å². The Bertz CT molecular complexity index is 430. The van der Waals surface area contributed by atoms with Gasteiger partial charge in [0, 0.05) is 5.56 Å². The average molecular weight is 203 g/mol. The van der Waals surface area contributed by atoms with Gasteiger partial charge in [0.1, 0.15) is 11.8 Å². The minimum absolute atomic E-state index is 0.115. The van der Waals surface area contributed by atoms with E-state index in [1.165, 1.54) is 6.92 Å². The first kappa shape index (κ1) is 11.3. The van der Waals surface area contributed by atoms with Crippen molar-refractivity contribution in [1.29, 1.82) is 5.26 Å². The van der Waals surface area contributed by atoms with Crippen LogP contribution in [0, 0.1) is 18.3 Å². The van der Waals surface area contributed by atoms with E-state index in [2.05, 4.69) is 0 Å². The summed E-state index contributed by atoms with van der Waals surface area (Å²) in [5, 5.41) is 8.93. The lowest BCUT2D eigenvalue weighted by molar-refractivity contribution is 0.101. The minimum atomic E-state index is -0.115. The molecule has 0 saturated carbocycles. The average Bonchev–Trinajstić information content (AvgIpc) is 2.17. The van der Waals surface area contributed by atoms with Crippen LogP contribution in [0.15, 0.2) is 12.1 Å². The number of ether oxygens (including phenoxy) is 1. The van der Waals surface area contributed by atoms with Crippen molar-refractivity contribution < 1.29 is 9.53 Å². The van der Waals surface area contributed by atoms with Crippen LogP contribution in [-0.2, 0) is 0 Å². The van der Waals surface area contributed by atoms with Gasteiger partial charge in [-0.25, -0.2) is 0 Å². The molecule has 0 aromatic heterocycles. The van der Waals surface area contributed by atoms with Crippen LogP contribution < -0.4 is 4.74 Å². The Morgan fingerprint density at radius 1 is 1.53 bits per heavy atom. The number of rotatable bonds is 3. The summed E-state index contributed by atoms with van der Waals surface area (Å²) >= 11 is 0. The summed E-state index contributed by atoms with van der Waals surface area (Å²) in [6.45, 7) is 5.67. The molecule has 3 nitrogen and oxygen atoms in total. The van der Waals surface area contributed by atoms with E-state index in [0.29, 0.717) is 23.5 Å². The summed E-state index contributed by atoms with van der Waals surface area (Å²) in [7, 11) is 0. The van der Waals surface area contributed by atoms with Gasteiger partial charge in [0.2, 0.25) is 0 Å². The molecule has 0 fully saturated rings. The lowest BCUT2D eigenvalue weighted by Gasteiger charge is -2.08. The molecule has 0 bridgehead atoms. The van der Waals surface area contributed by atoms with Crippen molar-refractivity contribution in [1.82, 2.24) is 0 Å². The van der Waals surface area contributed by atoms with E-state index in [1.807, 2.05) is 13.0 Å². The van der Waals surface area contributed by atoms with Crippen molar-refractivity contribution in [2.45, 2.75) is 20.8 Å². The van der Waals surface area contributed by atoms with Crippen LogP contribution in [-0.4, -0.2) is 12.4 Å². The second-order valence-electron chi connectivity index (χ2n) is 3.26. The summed E-state index contributed by atoms with van der Waals surface area (Å²) in [4.78, 5) is 11.3. The quantitative estimate of drug-likeness (QED) is 0.709. The number of Topliss-reactive ketones (excluding diaryl/α,β-unsaturated/α-hetero) is 1. The third-order valence-electron chi connectivity index (χ3n) is 2.11. The van der Waals surface area contributed by atoms with Crippen molar-refractivity contribution >= 4 is 5.78 Å². The fourth-order valence-electron chi connectivity index (χ4n) is 1.43. The van der Waals surface area contributed by atoms with Gasteiger partial charge in [0.05, 0.1) is 12.2 Å². The van der Waals surface area contributed by atoms with Crippen molar-refractivity contribution in [2.75, 3.05) is 6.61 Å². The molecule has 1 rings (SSSR count). The van der Waals surface area contributed by atoms with E-state index in [4.69, 9.17) is 10.00 Å². The number of nitriles is 1. The number of aryl methyl sites for hydroxylation is 1. The van der Waals surface area contributed by atoms with E-state index in [9.17, 15) is 4.79 Å². The highest BCUT2D eigenvalue weighted by Crippen LogP contribution is 2.22. The van der Waals surface area contributed by atoms with Crippen LogP contribution in [0.5, 0.6) is 5.75 Å². The van der Waals surface area contributed by atoms with Gasteiger partial charge in [-0.2, -0.15) is 5.26 Å². The first-order valence-electron chi connectivity index (χ1n) is 4.78. The SMILES string of the molecule is CCOc1cc(C)c(C#N)c(C(C)=O)c1. The lowest BCUT2D eigenvalue weighted by Crippen LogP contribution is -2.01. The number of hydrogen-bond donors (Lipinski definition) is 0. The predicted molar refractivity (Wildman–Crippen MR) is 57.1 cm³/mol. The van der Waals surface area contributed by atoms with Crippen molar-refractivity contribution in [3.63, 3.8) is 0 Å². The van der Waals surface area contributed by atoms with Gasteiger partial charge in [0.15, 0.2) is 5.78 Å². The van der Waals surface area contributed by atoms with Gasteiger partial charge in [-0.1, -0.05) is 0 Å². The number of benzene rings is 1. The zero-order valence-corrected chi connectivity index (χ0v) is 9.13. The zero-order chi connectivity index (χ0) is 11.4. The Kier molecular flexibility index (Phi) is 3.46.